The van der Waals surface area contributed by atoms with E-state index in [2.05, 4.69) is 48.4 Å². The summed E-state index contributed by atoms with van der Waals surface area (Å²) in [5.74, 6) is 1.74. The molecule has 5 nitrogen and oxygen atoms in total. The molecule has 0 saturated carbocycles. The van der Waals surface area contributed by atoms with Crippen molar-refractivity contribution < 1.29 is 4.42 Å². The van der Waals surface area contributed by atoms with Crippen LogP contribution in [-0.4, -0.2) is 41.3 Å². The summed E-state index contributed by atoms with van der Waals surface area (Å²) in [6.45, 7) is 8.04. The highest BCUT2D eigenvalue weighted by molar-refractivity contribution is 5.56. The first kappa shape index (κ1) is 14.8. The molecule has 0 aromatic carbocycles. The first-order valence-electron chi connectivity index (χ1n) is 6.87. The van der Waals surface area contributed by atoms with E-state index in [-0.39, 0.29) is 5.54 Å². The topological polar surface area (TPSA) is 57.1 Å². The molecule has 0 aliphatic heterocycles. The van der Waals surface area contributed by atoms with Crippen molar-refractivity contribution in [3.63, 3.8) is 0 Å². The van der Waals surface area contributed by atoms with Crippen LogP contribution in [0.1, 0.15) is 25.2 Å². The fourth-order valence-electron chi connectivity index (χ4n) is 1.89. The van der Waals surface area contributed by atoms with Crippen LogP contribution in [0.4, 0.5) is 0 Å². The number of hydrogen-bond donors (Lipinski definition) is 2. The smallest absolute Gasteiger partial charge is 0.152 e. The van der Waals surface area contributed by atoms with E-state index in [1.807, 2.05) is 25.3 Å². The average molecular weight is 276 g/mol. The SMILES string of the molecule is Cc1ccc(-c2[nH]ncc2CNCC(C)(C)N(C)C)o1. The van der Waals surface area contributed by atoms with Gasteiger partial charge in [0.2, 0.25) is 0 Å². The Hall–Kier alpha value is -1.59. The molecular weight excluding hydrogens is 252 g/mol. The van der Waals surface area contributed by atoms with Gasteiger partial charge >= 0.3 is 0 Å². The van der Waals surface area contributed by atoms with Crippen molar-refractivity contribution in [1.29, 1.82) is 0 Å². The van der Waals surface area contributed by atoms with Crippen LogP contribution in [0.5, 0.6) is 0 Å². The van der Waals surface area contributed by atoms with Crippen LogP contribution in [0, 0.1) is 6.92 Å². The average Bonchev–Trinajstić information content (AvgIpc) is 2.97. The number of aromatic nitrogens is 2. The Kier molecular flexibility index (Phi) is 4.30. The lowest BCUT2D eigenvalue weighted by atomic mass is 10.0. The van der Waals surface area contributed by atoms with Gasteiger partial charge < -0.3 is 14.6 Å². The predicted molar refractivity (Wildman–Crippen MR) is 80.5 cm³/mol. The minimum Gasteiger partial charge on any atom is -0.460 e. The van der Waals surface area contributed by atoms with Gasteiger partial charge in [0.15, 0.2) is 5.76 Å². The van der Waals surface area contributed by atoms with Crippen molar-refractivity contribution in [2.75, 3.05) is 20.6 Å². The van der Waals surface area contributed by atoms with Gasteiger partial charge in [0.25, 0.3) is 0 Å². The third kappa shape index (κ3) is 3.29. The largest absolute Gasteiger partial charge is 0.460 e. The highest BCUT2D eigenvalue weighted by atomic mass is 16.3. The third-order valence-corrected chi connectivity index (χ3v) is 3.79. The Labute approximate surface area is 120 Å². The number of likely N-dealkylation sites (N-methyl/N-ethyl adjacent to an activating group) is 1. The second-order valence-corrected chi connectivity index (χ2v) is 5.99. The van der Waals surface area contributed by atoms with E-state index in [1.54, 1.807) is 0 Å². The number of aromatic amines is 1. The van der Waals surface area contributed by atoms with Gasteiger partial charge in [0, 0.05) is 24.2 Å². The van der Waals surface area contributed by atoms with Crippen molar-refractivity contribution >= 4 is 0 Å². The first-order chi connectivity index (χ1) is 9.40. The molecule has 20 heavy (non-hydrogen) atoms. The van der Waals surface area contributed by atoms with E-state index in [0.717, 1.165) is 35.9 Å². The number of nitrogens with zero attached hydrogens (tertiary/aromatic N) is 2. The van der Waals surface area contributed by atoms with Crippen LogP contribution in [0.25, 0.3) is 11.5 Å². The van der Waals surface area contributed by atoms with E-state index in [9.17, 15) is 0 Å². The summed E-state index contributed by atoms with van der Waals surface area (Å²) in [5.41, 5.74) is 2.19. The Bertz CT molecular complexity index is 554. The molecule has 0 aliphatic rings. The Balaban J connectivity index is 2.00. The highest BCUT2D eigenvalue weighted by Crippen LogP contribution is 2.23. The van der Waals surface area contributed by atoms with E-state index in [0.29, 0.717) is 0 Å². The Morgan fingerprint density at radius 1 is 1.35 bits per heavy atom. The fourth-order valence-corrected chi connectivity index (χ4v) is 1.89. The van der Waals surface area contributed by atoms with Crippen LogP contribution in [0.2, 0.25) is 0 Å². The summed E-state index contributed by atoms with van der Waals surface area (Å²) < 4.78 is 5.65. The molecule has 2 N–H and O–H groups in total. The van der Waals surface area contributed by atoms with E-state index in [4.69, 9.17) is 4.42 Å². The number of furan rings is 1. The summed E-state index contributed by atoms with van der Waals surface area (Å²) in [6.07, 6.45) is 1.85. The molecule has 2 aromatic heterocycles. The molecule has 0 aliphatic carbocycles. The monoisotopic (exact) mass is 276 g/mol. The summed E-state index contributed by atoms with van der Waals surface area (Å²) in [6, 6.07) is 3.93. The van der Waals surface area contributed by atoms with E-state index in [1.165, 1.54) is 0 Å². The van der Waals surface area contributed by atoms with Gasteiger partial charge in [-0.25, -0.2) is 0 Å². The van der Waals surface area contributed by atoms with E-state index < -0.39 is 0 Å². The maximum Gasteiger partial charge on any atom is 0.152 e. The zero-order valence-corrected chi connectivity index (χ0v) is 12.9. The van der Waals surface area contributed by atoms with Crippen LogP contribution in [0.3, 0.4) is 0 Å². The second kappa shape index (κ2) is 5.81. The van der Waals surface area contributed by atoms with Crippen LogP contribution >= 0.6 is 0 Å². The number of H-pyrrole nitrogens is 1. The molecule has 0 atom stereocenters. The summed E-state index contributed by atoms with van der Waals surface area (Å²) in [7, 11) is 4.19. The minimum absolute atomic E-state index is 0.116. The molecular formula is C15H24N4O. The normalized spacial score (nSPS) is 12.3. The third-order valence-electron chi connectivity index (χ3n) is 3.79. The summed E-state index contributed by atoms with van der Waals surface area (Å²) in [5, 5.41) is 10.6. The molecule has 0 radical (unpaired) electrons. The molecule has 0 amide bonds. The van der Waals surface area contributed by atoms with Gasteiger partial charge in [0.05, 0.1) is 6.20 Å². The predicted octanol–water partition coefficient (Wildman–Crippen LogP) is 2.41. The highest BCUT2D eigenvalue weighted by Gasteiger charge is 2.20. The van der Waals surface area contributed by atoms with Gasteiger partial charge in [-0.15, -0.1) is 0 Å². The molecule has 110 valence electrons. The second-order valence-electron chi connectivity index (χ2n) is 5.99. The zero-order chi connectivity index (χ0) is 14.8. The molecule has 0 bridgehead atoms. The van der Waals surface area contributed by atoms with Crippen LogP contribution in [-0.2, 0) is 6.54 Å². The van der Waals surface area contributed by atoms with Gasteiger partial charge in [-0.05, 0) is 47.0 Å². The van der Waals surface area contributed by atoms with E-state index >= 15 is 0 Å². The van der Waals surface area contributed by atoms with Crippen LogP contribution in [0.15, 0.2) is 22.7 Å². The molecule has 0 spiro atoms. The molecule has 0 saturated heterocycles. The van der Waals surface area contributed by atoms with Gasteiger partial charge in [-0.3, -0.25) is 5.10 Å². The molecule has 2 aromatic rings. The summed E-state index contributed by atoms with van der Waals surface area (Å²) >= 11 is 0. The molecule has 2 rings (SSSR count). The molecule has 0 unspecified atom stereocenters. The lowest BCUT2D eigenvalue weighted by Crippen LogP contribution is -2.46. The number of rotatable bonds is 6. The van der Waals surface area contributed by atoms with Crippen molar-refractivity contribution in [3.8, 4) is 11.5 Å². The van der Waals surface area contributed by atoms with Gasteiger partial charge in [-0.1, -0.05) is 0 Å². The summed E-state index contributed by atoms with van der Waals surface area (Å²) in [4.78, 5) is 2.21. The maximum absolute atomic E-state index is 5.65. The van der Waals surface area contributed by atoms with Gasteiger partial charge in [0.1, 0.15) is 11.5 Å². The van der Waals surface area contributed by atoms with Crippen molar-refractivity contribution in [2.24, 2.45) is 0 Å². The van der Waals surface area contributed by atoms with Crippen molar-refractivity contribution in [2.45, 2.75) is 32.9 Å². The fraction of sp³-hybridized carbons (Fsp3) is 0.533. The molecule has 5 heteroatoms. The lowest BCUT2D eigenvalue weighted by molar-refractivity contribution is 0.190. The Morgan fingerprint density at radius 2 is 2.10 bits per heavy atom. The number of aryl methyl sites for hydroxylation is 1. The Morgan fingerprint density at radius 3 is 2.70 bits per heavy atom. The van der Waals surface area contributed by atoms with Crippen molar-refractivity contribution in [3.05, 3.63) is 29.7 Å². The molecule has 0 fully saturated rings. The van der Waals surface area contributed by atoms with Gasteiger partial charge in [-0.2, -0.15) is 5.10 Å². The zero-order valence-electron chi connectivity index (χ0n) is 12.9. The minimum atomic E-state index is 0.116. The molecule has 2 heterocycles. The van der Waals surface area contributed by atoms with Crippen LogP contribution < -0.4 is 5.32 Å². The van der Waals surface area contributed by atoms with Crippen molar-refractivity contribution in [1.82, 2.24) is 20.4 Å². The maximum atomic E-state index is 5.65. The lowest BCUT2D eigenvalue weighted by Gasteiger charge is -2.32. The quantitative estimate of drug-likeness (QED) is 0.850. The number of nitrogens with one attached hydrogen (secondary N) is 2. The standard InChI is InChI=1S/C15H24N4O/c1-11-6-7-13(20-11)14-12(9-17-18-14)8-16-10-15(2,3)19(4)5/h6-7,9,16H,8,10H2,1-5H3,(H,17,18). The first-order valence-corrected chi connectivity index (χ1v) is 6.87. The number of hydrogen-bond acceptors (Lipinski definition) is 4.